The van der Waals surface area contributed by atoms with Crippen molar-refractivity contribution in [2.45, 2.75) is 13.8 Å². The Kier molecular flexibility index (Phi) is 4.33. The van der Waals surface area contributed by atoms with Crippen LogP contribution in [0.4, 0.5) is 0 Å². The Morgan fingerprint density at radius 1 is 1.29 bits per heavy atom. The van der Waals surface area contributed by atoms with Gasteiger partial charge >= 0.3 is 93.9 Å². The second kappa shape index (κ2) is 5.30. The van der Waals surface area contributed by atoms with E-state index in [9.17, 15) is 9.59 Å². The Balaban J connectivity index is 2.71. The van der Waals surface area contributed by atoms with Crippen LogP contribution in [0.2, 0.25) is 0 Å². The summed E-state index contributed by atoms with van der Waals surface area (Å²) in [7, 11) is 0. The summed E-state index contributed by atoms with van der Waals surface area (Å²) in [6.45, 7) is 2.61. The van der Waals surface area contributed by atoms with E-state index in [0.717, 1.165) is 2.88 Å². The summed E-state index contributed by atoms with van der Waals surface area (Å²) in [6, 6.07) is 3.64. The molecule has 0 saturated heterocycles. The van der Waals surface area contributed by atoms with Crippen molar-refractivity contribution in [3.05, 3.63) is 20.4 Å². The van der Waals surface area contributed by atoms with Crippen LogP contribution in [-0.2, 0) is 15.7 Å². The summed E-state index contributed by atoms with van der Waals surface area (Å²) in [5, 5.41) is 1.85. The summed E-state index contributed by atoms with van der Waals surface area (Å²) in [6.07, 6.45) is 0. The fraction of sp³-hybridized carbons (Fsp3) is 0.250. The molecule has 0 aliphatic carbocycles. The predicted molar refractivity (Wildman–Crippen MR) is 60.6 cm³/mol. The van der Waals surface area contributed by atoms with Crippen LogP contribution in [-0.4, -0.2) is 11.9 Å². The monoisotopic (exact) mass is 328 g/mol. The molecule has 78 valence electrons. The van der Waals surface area contributed by atoms with Gasteiger partial charge in [-0.3, -0.25) is 0 Å². The zero-order valence-corrected chi connectivity index (χ0v) is 10.6. The molecule has 0 aromatic carbocycles. The predicted octanol–water partition coefficient (Wildman–Crippen LogP) is 2.38. The molecule has 1 heterocycles. The van der Waals surface area contributed by atoms with Crippen molar-refractivity contribution in [2.24, 2.45) is 0 Å². The van der Waals surface area contributed by atoms with Gasteiger partial charge in [-0.1, -0.05) is 0 Å². The molecule has 6 heteroatoms. The zero-order valence-electron chi connectivity index (χ0n) is 7.65. The van der Waals surface area contributed by atoms with Crippen LogP contribution in [0.5, 0.6) is 0 Å². The van der Waals surface area contributed by atoms with Gasteiger partial charge in [-0.25, -0.2) is 0 Å². The Bertz CT molecular complexity index is 306. The van der Waals surface area contributed by atoms with E-state index >= 15 is 0 Å². The molecule has 0 N–H and O–H groups in total. The molecular weight excluding hydrogens is 319 g/mol. The van der Waals surface area contributed by atoms with Gasteiger partial charge < -0.3 is 0 Å². The summed E-state index contributed by atoms with van der Waals surface area (Å²) in [5.74, 6) is -0.824. The third kappa shape index (κ3) is 3.62. The molecule has 0 aliphatic rings. The zero-order chi connectivity index (χ0) is 10.6. The summed E-state index contributed by atoms with van der Waals surface area (Å²) >= 11 is -1.09. The molecule has 0 aliphatic heterocycles. The van der Waals surface area contributed by atoms with Crippen LogP contribution >= 0.6 is 32.0 Å². The van der Waals surface area contributed by atoms with E-state index in [1.54, 1.807) is 6.07 Å². The van der Waals surface area contributed by atoms with E-state index < -0.39 is 32.6 Å². The van der Waals surface area contributed by atoms with E-state index in [-0.39, 0.29) is 0 Å². The Morgan fingerprint density at radius 2 is 1.86 bits per heavy atom. The Labute approximate surface area is 93.7 Å². The molecule has 14 heavy (non-hydrogen) atoms. The number of thiophene rings is 1. The Morgan fingerprint density at radius 3 is 2.21 bits per heavy atom. The van der Waals surface area contributed by atoms with Crippen molar-refractivity contribution >= 4 is 43.9 Å². The number of carbonyl (C=O) groups is 2. The molecule has 0 fully saturated rings. The molecule has 0 bridgehead atoms. The summed E-state index contributed by atoms with van der Waals surface area (Å²) in [5.41, 5.74) is 0. The van der Waals surface area contributed by atoms with Crippen molar-refractivity contribution < 1.29 is 15.7 Å². The first-order chi connectivity index (χ1) is 6.59. The van der Waals surface area contributed by atoms with Gasteiger partial charge in [0, 0.05) is 0 Å². The topological polar surface area (TPSA) is 52.6 Å². The number of halogens is 1. The molecule has 4 nitrogen and oxygen atoms in total. The van der Waals surface area contributed by atoms with Crippen LogP contribution in [0, 0.1) is 2.88 Å². The quantitative estimate of drug-likeness (QED) is 0.800. The normalized spacial score (nSPS) is 10.6. The third-order valence-corrected chi connectivity index (χ3v) is 6.53. The first kappa shape index (κ1) is 11.4. The van der Waals surface area contributed by atoms with Gasteiger partial charge in [0.05, 0.1) is 0 Å². The second-order valence-corrected chi connectivity index (χ2v) is 7.23. The van der Waals surface area contributed by atoms with Gasteiger partial charge in [0.25, 0.3) is 0 Å². The van der Waals surface area contributed by atoms with Gasteiger partial charge in [-0.2, -0.15) is 0 Å². The Hall–Kier alpha value is -0.630. The molecule has 0 radical (unpaired) electrons. The number of hydrogen-bond acceptors (Lipinski definition) is 5. The van der Waals surface area contributed by atoms with E-state index in [2.05, 4.69) is 0 Å². The van der Waals surface area contributed by atoms with Gasteiger partial charge in [0.2, 0.25) is 0 Å². The SMILES string of the molecule is CC(=O)OI(OC(C)=O)c1cccs1. The fourth-order valence-corrected chi connectivity index (χ4v) is 4.79. The van der Waals surface area contributed by atoms with Gasteiger partial charge in [-0.15, -0.1) is 0 Å². The average Bonchev–Trinajstić information content (AvgIpc) is 2.52. The number of hydrogen-bond donors (Lipinski definition) is 0. The van der Waals surface area contributed by atoms with Gasteiger partial charge in [-0.05, 0) is 0 Å². The van der Waals surface area contributed by atoms with Crippen LogP contribution in [0.25, 0.3) is 0 Å². The average molecular weight is 328 g/mol. The van der Waals surface area contributed by atoms with Crippen LogP contribution in [0.3, 0.4) is 0 Å². The maximum absolute atomic E-state index is 10.8. The number of rotatable bonds is 3. The van der Waals surface area contributed by atoms with Crippen molar-refractivity contribution in [2.75, 3.05) is 0 Å². The molecule has 1 aromatic rings. The van der Waals surface area contributed by atoms with E-state index in [4.69, 9.17) is 6.13 Å². The van der Waals surface area contributed by atoms with Crippen molar-refractivity contribution in [1.82, 2.24) is 0 Å². The molecule has 0 saturated carbocycles. The van der Waals surface area contributed by atoms with E-state index in [0.29, 0.717) is 0 Å². The second-order valence-electron chi connectivity index (χ2n) is 2.27. The molecule has 0 atom stereocenters. The van der Waals surface area contributed by atoms with Crippen LogP contribution in [0.15, 0.2) is 17.5 Å². The molecule has 0 unspecified atom stereocenters. The summed E-state index contributed by atoms with van der Waals surface area (Å²) < 4.78 is 10.8. The minimum atomic E-state index is -2.52. The molecule has 0 amide bonds. The van der Waals surface area contributed by atoms with Crippen molar-refractivity contribution in [3.63, 3.8) is 0 Å². The first-order valence-corrected chi connectivity index (χ1v) is 7.43. The van der Waals surface area contributed by atoms with E-state index in [1.165, 1.54) is 25.2 Å². The number of carbonyl (C=O) groups excluding carboxylic acids is 2. The van der Waals surface area contributed by atoms with Crippen molar-refractivity contribution in [1.29, 1.82) is 0 Å². The maximum atomic E-state index is 10.8. The molecular formula is C8H9IO4S. The third-order valence-electron chi connectivity index (χ3n) is 0.996. The van der Waals surface area contributed by atoms with E-state index in [1.807, 2.05) is 11.4 Å². The molecule has 1 rings (SSSR count). The van der Waals surface area contributed by atoms with Crippen molar-refractivity contribution in [3.8, 4) is 0 Å². The van der Waals surface area contributed by atoms with Crippen LogP contribution < -0.4 is 0 Å². The van der Waals surface area contributed by atoms with Crippen LogP contribution in [0.1, 0.15) is 13.8 Å². The standard InChI is InChI=1S/C8H9IO4S/c1-6(10)12-9(13-7(2)11)8-4-3-5-14-8/h3-5H,1-2H3. The first-order valence-electron chi connectivity index (χ1n) is 3.71. The minimum absolute atomic E-state index is 0.412. The summed E-state index contributed by atoms with van der Waals surface area (Å²) in [4.78, 5) is 21.5. The molecule has 1 aromatic heterocycles. The van der Waals surface area contributed by atoms with Gasteiger partial charge in [0.15, 0.2) is 0 Å². The fourth-order valence-electron chi connectivity index (χ4n) is 0.635. The molecule has 0 spiro atoms. The van der Waals surface area contributed by atoms with Gasteiger partial charge in [0.1, 0.15) is 0 Å².